The summed E-state index contributed by atoms with van der Waals surface area (Å²) in [6, 6.07) is 11.5. The number of likely N-dealkylation sites (tertiary alicyclic amines) is 1. The highest BCUT2D eigenvalue weighted by Gasteiger charge is 2.22. The summed E-state index contributed by atoms with van der Waals surface area (Å²) in [5.41, 5.74) is 3.40. The summed E-state index contributed by atoms with van der Waals surface area (Å²) in [6.45, 7) is 2.86. The maximum absolute atomic E-state index is 14.4. The molecule has 142 valence electrons. The van der Waals surface area contributed by atoms with Crippen molar-refractivity contribution in [2.75, 3.05) is 23.7 Å². The van der Waals surface area contributed by atoms with Gasteiger partial charge in [-0.05, 0) is 54.7 Å². The van der Waals surface area contributed by atoms with Crippen LogP contribution in [0.4, 0.5) is 15.8 Å². The van der Waals surface area contributed by atoms with E-state index in [4.69, 9.17) is 11.6 Å². The van der Waals surface area contributed by atoms with Gasteiger partial charge in [0.25, 0.3) is 0 Å². The summed E-state index contributed by atoms with van der Waals surface area (Å²) in [5, 5.41) is 6.87. The summed E-state index contributed by atoms with van der Waals surface area (Å²) in [4.78, 5) is 13.9. The molecule has 6 heteroatoms. The number of halogens is 2. The summed E-state index contributed by atoms with van der Waals surface area (Å²) in [5.74, 6) is -0.352. The number of anilines is 2. The summed E-state index contributed by atoms with van der Waals surface area (Å²) in [6.07, 6.45) is 3.07. The smallest absolute Gasteiger partial charge is 0.224 e. The van der Waals surface area contributed by atoms with Gasteiger partial charge in [-0.25, -0.2) is 4.39 Å². The van der Waals surface area contributed by atoms with Gasteiger partial charge in [-0.3, -0.25) is 9.69 Å². The number of piperidine rings is 1. The van der Waals surface area contributed by atoms with Crippen LogP contribution >= 0.6 is 11.6 Å². The molecule has 2 aromatic rings. The van der Waals surface area contributed by atoms with Gasteiger partial charge in [0.2, 0.25) is 5.91 Å². The van der Waals surface area contributed by atoms with Crippen LogP contribution in [0.25, 0.3) is 0 Å². The van der Waals surface area contributed by atoms with Crippen molar-refractivity contribution < 1.29 is 9.18 Å². The normalized spacial score (nSPS) is 18.1. The number of amides is 1. The van der Waals surface area contributed by atoms with Gasteiger partial charge in [-0.15, -0.1) is 0 Å². The molecule has 0 unspecified atom stereocenters. The number of aryl methyl sites for hydroxylation is 1. The monoisotopic (exact) mass is 387 g/mol. The fraction of sp³-hybridized carbons (Fsp3) is 0.381. The van der Waals surface area contributed by atoms with Crippen molar-refractivity contribution in [2.45, 2.75) is 38.3 Å². The first-order valence-corrected chi connectivity index (χ1v) is 9.80. The van der Waals surface area contributed by atoms with Gasteiger partial charge in [0, 0.05) is 42.8 Å². The van der Waals surface area contributed by atoms with E-state index in [1.807, 2.05) is 18.2 Å². The zero-order chi connectivity index (χ0) is 18.8. The van der Waals surface area contributed by atoms with Crippen molar-refractivity contribution in [1.82, 2.24) is 4.90 Å². The highest BCUT2D eigenvalue weighted by Crippen LogP contribution is 2.30. The zero-order valence-electron chi connectivity index (χ0n) is 15.1. The van der Waals surface area contributed by atoms with Crippen molar-refractivity contribution in [2.24, 2.45) is 0 Å². The molecule has 4 rings (SSSR count). The molecule has 1 saturated heterocycles. The van der Waals surface area contributed by atoms with Crippen molar-refractivity contribution in [1.29, 1.82) is 0 Å². The lowest BCUT2D eigenvalue weighted by molar-refractivity contribution is -0.116. The molecule has 27 heavy (non-hydrogen) atoms. The summed E-state index contributed by atoms with van der Waals surface area (Å²) >= 11 is 5.94. The van der Waals surface area contributed by atoms with E-state index in [0.29, 0.717) is 24.2 Å². The number of hydrogen-bond donors (Lipinski definition) is 2. The first-order valence-electron chi connectivity index (χ1n) is 9.42. The number of carbonyl (C=O) groups is 1. The van der Waals surface area contributed by atoms with Gasteiger partial charge >= 0.3 is 0 Å². The van der Waals surface area contributed by atoms with Gasteiger partial charge in [0.15, 0.2) is 0 Å². The molecule has 0 radical (unpaired) electrons. The van der Waals surface area contributed by atoms with Crippen LogP contribution in [0.5, 0.6) is 0 Å². The van der Waals surface area contributed by atoms with Crippen LogP contribution < -0.4 is 10.6 Å². The highest BCUT2D eigenvalue weighted by molar-refractivity contribution is 6.30. The van der Waals surface area contributed by atoms with E-state index in [1.165, 1.54) is 11.6 Å². The van der Waals surface area contributed by atoms with Crippen molar-refractivity contribution in [3.8, 4) is 0 Å². The number of hydrogen-bond acceptors (Lipinski definition) is 3. The van der Waals surface area contributed by atoms with Gasteiger partial charge in [-0.2, -0.15) is 0 Å². The maximum Gasteiger partial charge on any atom is 0.224 e. The molecule has 0 spiro atoms. The Balaban J connectivity index is 1.34. The molecule has 2 aliphatic rings. The van der Waals surface area contributed by atoms with Gasteiger partial charge < -0.3 is 10.6 Å². The summed E-state index contributed by atoms with van der Waals surface area (Å²) in [7, 11) is 0. The Labute approximate surface area is 163 Å². The lowest BCUT2D eigenvalue weighted by Gasteiger charge is -2.33. The van der Waals surface area contributed by atoms with Crippen LogP contribution in [-0.2, 0) is 17.8 Å². The first-order chi connectivity index (χ1) is 13.1. The lowest BCUT2D eigenvalue weighted by Crippen LogP contribution is -2.38. The largest absolute Gasteiger partial charge is 0.380 e. The molecule has 1 amide bonds. The Morgan fingerprint density at radius 3 is 2.63 bits per heavy atom. The molecule has 2 aromatic carbocycles. The molecule has 2 aliphatic heterocycles. The number of fused-ring (bicyclic) bond motifs is 1. The number of nitrogens with zero attached hydrogens (tertiary/aromatic N) is 1. The standard InChI is InChI=1S/C21H23ClFN3O/c22-16-4-1-14(2-5-16)13-26-9-7-17(8-10-26)24-20-11-15-3-6-21(27)25-19(15)12-18(20)23/h1-2,4-5,11-12,17,24H,3,6-10,13H2,(H,25,27). The van der Waals surface area contributed by atoms with Crippen LogP contribution in [0.2, 0.25) is 5.02 Å². The van der Waals surface area contributed by atoms with Crippen LogP contribution in [0, 0.1) is 5.82 Å². The number of rotatable bonds is 4. The summed E-state index contributed by atoms with van der Waals surface area (Å²) < 4.78 is 14.4. The zero-order valence-corrected chi connectivity index (χ0v) is 15.9. The van der Waals surface area contributed by atoms with Crippen molar-refractivity contribution in [3.05, 3.63) is 58.4 Å². The molecule has 1 fully saturated rings. The molecular weight excluding hydrogens is 365 g/mol. The Morgan fingerprint density at radius 1 is 1.15 bits per heavy atom. The van der Waals surface area contributed by atoms with Crippen molar-refractivity contribution in [3.63, 3.8) is 0 Å². The Bertz CT molecular complexity index is 832. The van der Waals surface area contributed by atoms with Gasteiger partial charge in [0.1, 0.15) is 5.82 Å². The minimum absolute atomic E-state index is 0.0457. The quantitative estimate of drug-likeness (QED) is 0.815. The van der Waals surface area contributed by atoms with Gasteiger partial charge in [-0.1, -0.05) is 23.7 Å². The Morgan fingerprint density at radius 2 is 1.89 bits per heavy atom. The second kappa shape index (κ2) is 7.87. The molecule has 0 aromatic heterocycles. The van der Waals surface area contributed by atoms with Crippen LogP contribution in [0.1, 0.15) is 30.4 Å². The maximum atomic E-state index is 14.4. The van der Waals surface area contributed by atoms with E-state index >= 15 is 0 Å². The van der Waals surface area contributed by atoms with Crippen molar-refractivity contribution >= 4 is 28.9 Å². The average Bonchev–Trinajstić information content (AvgIpc) is 2.66. The fourth-order valence-corrected chi connectivity index (χ4v) is 3.94. The Hall–Kier alpha value is -2.11. The topological polar surface area (TPSA) is 44.4 Å². The SMILES string of the molecule is O=C1CCc2cc(NC3CCN(Cc4ccc(Cl)cc4)CC3)c(F)cc2N1. The predicted octanol–water partition coefficient (Wildman–Crippen LogP) is 4.44. The predicted molar refractivity (Wildman–Crippen MR) is 107 cm³/mol. The molecule has 4 nitrogen and oxygen atoms in total. The number of benzene rings is 2. The van der Waals surface area contributed by atoms with E-state index in [2.05, 4.69) is 27.7 Å². The van der Waals surface area contributed by atoms with Crippen LogP contribution in [0.3, 0.4) is 0 Å². The minimum atomic E-state index is -0.306. The highest BCUT2D eigenvalue weighted by atomic mass is 35.5. The molecular formula is C21H23ClFN3O. The molecule has 2 N–H and O–H groups in total. The third-order valence-corrected chi connectivity index (χ3v) is 5.61. The second-order valence-electron chi connectivity index (χ2n) is 7.36. The third kappa shape index (κ3) is 4.42. The second-order valence-corrected chi connectivity index (χ2v) is 7.80. The van der Waals surface area contributed by atoms with Crippen LogP contribution in [-0.4, -0.2) is 29.9 Å². The molecule has 0 atom stereocenters. The van der Waals surface area contributed by atoms with E-state index in [1.54, 1.807) is 0 Å². The van der Waals surface area contributed by atoms with Crippen LogP contribution in [0.15, 0.2) is 36.4 Å². The van der Waals surface area contributed by atoms with E-state index in [0.717, 1.165) is 43.1 Å². The number of nitrogens with one attached hydrogen (secondary N) is 2. The molecule has 2 heterocycles. The number of carbonyl (C=O) groups excluding carboxylic acids is 1. The third-order valence-electron chi connectivity index (χ3n) is 5.36. The molecule has 0 aliphatic carbocycles. The molecule has 0 saturated carbocycles. The van der Waals surface area contributed by atoms with Gasteiger partial charge in [0.05, 0.1) is 5.69 Å². The molecule has 0 bridgehead atoms. The first kappa shape index (κ1) is 18.3. The lowest BCUT2D eigenvalue weighted by atomic mass is 10.00. The fourth-order valence-electron chi connectivity index (χ4n) is 3.82. The Kier molecular flexibility index (Phi) is 5.32. The van der Waals surface area contributed by atoms with E-state index in [9.17, 15) is 9.18 Å². The average molecular weight is 388 g/mol. The van der Waals surface area contributed by atoms with E-state index < -0.39 is 0 Å². The minimum Gasteiger partial charge on any atom is -0.380 e. The van der Waals surface area contributed by atoms with E-state index in [-0.39, 0.29) is 17.8 Å².